The Hall–Kier alpha value is -1.25. The lowest BCUT2D eigenvalue weighted by Gasteiger charge is -2.35. The zero-order valence-corrected chi connectivity index (χ0v) is 13.6. The quantitative estimate of drug-likeness (QED) is 0.836. The van der Waals surface area contributed by atoms with E-state index < -0.39 is 16.0 Å². The molecule has 116 valence electrons. The first kappa shape index (κ1) is 16.1. The number of nitrogens with zero attached hydrogens (tertiary/aromatic N) is 2. The number of sulfonamides is 1. The van der Waals surface area contributed by atoms with Crippen LogP contribution in [-0.4, -0.2) is 62.5 Å². The summed E-state index contributed by atoms with van der Waals surface area (Å²) < 4.78 is 24.4. The predicted octanol–water partition coefficient (Wildman–Crippen LogP) is 1.19. The number of piperazine rings is 1. The molecule has 0 atom stereocenters. The van der Waals surface area contributed by atoms with E-state index in [0.29, 0.717) is 36.8 Å². The maximum absolute atomic E-state index is 11.5. The second kappa shape index (κ2) is 6.25. The fourth-order valence-corrected chi connectivity index (χ4v) is 3.87. The molecule has 0 amide bonds. The standard InChI is InChI=1S/C13H18N2O4S2/c1-20-11-5-3-4-10(12(11)13(16)17)14-6-8-15(9-7-14)21(2,18)19/h3-5H,6-9H2,1-2H3,(H,16,17). The Morgan fingerprint density at radius 2 is 1.86 bits per heavy atom. The van der Waals surface area contributed by atoms with Crippen molar-refractivity contribution >= 4 is 33.4 Å². The third-order valence-electron chi connectivity index (χ3n) is 3.49. The van der Waals surface area contributed by atoms with Crippen LogP contribution in [0.3, 0.4) is 0 Å². The van der Waals surface area contributed by atoms with Gasteiger partial charge in [-0.15, -0.1) is 11.8 Å². The Balaban J connectivity index is 2.27. The molecule has 6 nitrogen and oxygen atoms in total. The van der Waals surface area contributed by atoms with Crippen LogP contribution in [0.2, 0.25) is 0 Å². The summed E-state index contributed by atoms with van der Waals surface area (Å²) in [5, 5.41) is 9.44. The van der Waals surface area contributed by atoms with Gasteiger partial charge in [0.25, 0.3) is 0 Å². The lowest BCUT2D eigenvalue weighted by Crippen LogP contribution is -2.48. The second-order valence-corrected chi connectivity index (χ2v) is 7.64. The normalized spacial score (nSPS) is 17.0. The number of thioether (sulfide) groups is 1. The van der Waals surface area contributed by atoms with Crippen LogP contribution in [-0.2, 0) is 10.0 Å². The summed E-state index contributed by atoms with van der Waals surface area (Å²) in [7, 11) is -3.18. The van der Waals surface area contributed by atoms with E-state index >= 15 is 0 Å². The predicted molar refractivity (Wildman–Crippen MR) is 83.8 cm³/mol. The van der Waals surface area contributed by atoms with Gasteiger partial charge in [0.2, 0.25) is 10.0 Å². The molecule has 1 heterocycles. The minimum absolute atomic E-state index is 0.290. The van der Waals surface area contributed by atoms with Gasteiger partial charge in [-0.3, -0.25) is 0 Å². The molecule has 8 heteroatoms. The lowest BCUT2D eigenvalue weighted by atomic mass is 10.1. The molecule has 0 saturated carbocycles. The number of hydrogen-bond acceptors (Lipinski definition) is 5. The Labute approximate surface area is 128 Å². The first-order valence-electron chi connectivity index (χ1n) is 6.45. The number of carbonyl (C=O) groups is 1. The summed E-state index contributed by atoms with van der Waals surface area (Å²) in [6, 6.07) is 5.39. The summed E-state index contributed by atoms with van der Waals surface area (Å²) in [5.41, 5.74) is 0.945. The van der Waals surface area contributed by atoms with Gasteiger partial charge in [-0.2, -0.15) is 4.31 Å². The molecule has 0 radical (unpaired) electrons. The molecular formula is C13H18N2O4S2. The molecule has 0 unspecified atom stereocenters. The van der Waals surface area contributed by atoms with Gasteiger partial charge in [0, 0.05) is 31.1 Å². The Bertz CT molecular complexity index is 638. The first-order chi connectivity index (χ1) is 9.84. The molecule has 0 bridgehead atoms. The number of hydrogen-bond donors (Lipinski definition) is 1. The molecule has 2 rings (SSSR count). The summed E-state index contributed by atoms with van der Waals surface area (Å²) >= 11 is 1.39. The van der Waals surface area contributed by atoms with E-state index in [1.54, 1.807) is 12.1 Å². The number of benzene rings is 1. The van der Waals surface area contributed by atoms with E-state index in [9.17, 15) is 18.3 Å². The van der Waals surface area contributed by atoms with Crippen LogP contribution in [0, 0.1) is 0 Å². The third kappa shape index (κ3) is 3.50. The molecule has 1 aromatic carbocycles. The van der Waals surface area contributed by atoms with Crippen molar-refractivity contribution in [1.82, 2.24) is 4.31 Å². The number of carboxylic acid groups (broad SMARTS) is 1. The maximum Gasteiger partial charge on any atom is 0.338 e. The van der Waals surface area contributed by atoms with Crippen molar-refractivity contribution in [3.8, 4) is 0 Å². The van der Waals surface area contributed by atoms with Gasteiger partial charge in [0.1, 0.15) is 0 Å². The van der Waals surface area contributed by atoms with Crippen molar-refractivity contribution in [2.75, 3.05) is 43.6 Å². The monoisotopic (exact) mass is 330 g/mol. The molecule has 1 saturated heterocycles. The SMILES string of the molecule is CSc1cccc(N2CCN(S(C)(=O)=O)CC2)c1C(=O)O. The molecule has 1 aliphatic rings. The van der Waals surface area contributed by atoms with E-state index in [1.807, 2.05) is 17.2 Å². The van der Waals surface area contributed by atoms with Crippen molar-refractivity contribution in [1.29, 1.82) is 0 Å². The van der Waals surface area contributed by atoms with E-state index in [1.165, 1.54) is 22.3 Å². The molecule has 1 aliphatic heterocycles. The average Bonchev–Trinajstić information content (AvgIpc) is 2.45. The summed E-state index contributed by atoms with van der Waals surface area (Å²) in [6.07, 6.45) is 3.03. The van der Waals surface area contributed by atoms with Crippen LogP contribution in [0.25, 0.3) is 0 Å². The zero-order chi connectivity index (χ0) is 15.6. The van der Waals surface area contributed by atoms with Crippen LogP contribution in [0.5, 0.6) is 0 Å². The number of carboxylic acids is 1. The molecular weight excluding hydrogens is 312 g/mol. The van der Waals surface area contributed by atoms with Crippen molar-refractivity contribution in [2.45, 2.75) is 4.90 Å². The second-order valence-electron chi connectivity index (χ2n) is 4.81. The molecule has 0 spiro atoms. The van der Waals surface area contributed by atoms with E-state index in [0.717, 1.165) is 0 Å². The highest BCUT2D eigenvalue weighted by molar-refractivity contribution is 7.98. The van der Waals surface area contributed by atoms with E-state index in [-0.39, 0.29) is 5.56 Å². The largest absolute Gasteiger partial charge is 0.478 e. The minimum atomic E-state index is -3.18. The van der Waals surface area contributed by atoms with Gasteiger partial charge in [-0.05, 0) is 18.4 Å². The molecule has 0 aromatic heterocycles. The summed E-state index contributed by atoms with van der Waals surface area (Å²) in [6.45, 7) is 1.74. The zero-order valence-electron chi connectivity index (χ0n) is 11.9. The Morgan fingerprint density at radius 3 is 2.33 bits per heavy atom. The fraction of sp³-hybridized carbons (Fsp3) is 0.462. The average molecular weight is 330 g/mol. The molecule has 21 heavy (non-hydrogen) atoms. The van der Waals surface area contributed by atoms with Gasteiger partial charge >= 0.3 is 5.97 Å². The highest BCUT2D eigenvalue weighted by atomic mass is 32.2. The highest BCUT2D eigenvalue weighted by Gasteiger charge is 2.26. The minimum Gasteiger partial charge on any atom is -0.478 e. The summed E-state index contributed by atoms with van der Waals surface area (Å²) in [5.74, 6) is -0.958. The van der Waals surface area contributed by atoms with Crippen molar-refractivity contribution < 1.29 is 18.3 Å². The van der Waals surface area contributed by atoms with Gasteiger partial charge in [-0.1, -0.05) is 6.07 Å². The van der Waals surface area contributed by atoms with Gasteiger partial charge < -0.3 is 10.0 Å². The highest BCUT2D eigenvalue weighted by Crippen LogP contribution is 2.30. The van der Waals surface area contributed by atoms with E-state index in [2.05, 4.69) is 0 Å². The van der Waals surface area contributed by atoms with Crippen molar-refractivity contribution in [2.24, 2.45) is 0 Å². The molecule has 1 fully saturated rings. The van der Waals surface area contributed by atoms with Crippen LogP contribution in [0.4, 0.5) is 5.69 Å². The van der Waals surface area contributed by atoms with Crippen LogP contribution in [0.1, 0.15) is 10.4 Å². The lowest BCUT2D eigenvalue weighted by molar-refractivity contribution is 0.0693. The van der Waals surface area contributed by atoms with Gasteiger partial charge in [-0.25, -0.2) is 13.2 Å². The van der Waals surface area contributed by atoms with Crippen molar-refractivity contribution in [3.05, 3.63) is 23.8 Å². The third-order valence-corrected chi connectivity index (χ3v) is 5.57. The Morgan fingerprint density at radius 1 is 1.24 bits per heavy atom. The maximum atomic E-state index is 11.5. The number of anilines is 1. The topological polar surface area (TPSA) is 77.9 Å². The smallest absolute Gasteiger partial charge is 0.338 e. The Kier molecular flexibility index (Phi) is 4.80. The van der Waals surface area contributed by atoms with Crippen LogP contribution >= 0.6 is 11.8 Å². The van der Waals surface area contributed by atoms with Crippen LogP contribution in [0.15, 0.2) is 23.1 Å². The van der Waals surface area contributed by atoms with E-state index in [4.69, 9.17) is 0 Å². The molecule has 1 N–H and O–H groups in total. The van der Waals surface area contributed by atoms with Gasteiger partial charge in [0.15, 0.2) is 0 Å². The fourth-order valence-electron chi connectivity index (χ4n) is 2.43. The first-order valence-corrected chi connectivity index (χ1v) is 9.52. The summed E-state index contributed by atoms with van der Waals surface area (Å²) in [4.78, 5) is 14.2. The van der Waals surface area contributed by atoms with Crippen molar-refractivity contribution in [3.63, 3.8) is 0 Å². The molecule has 1 aromatic rings. The van der Waals surface area contributed by atoms with Crippen LogP contribution < -0.4 is 4.90 Å². The van der Waals surface area contributed by atoms with Gasteiger partial charge in [0.05, 0.1) is 17.5 Å². The number of aromatic carboxylic acids is 1. The number of rotatable bonds is 4. The molecule has 0 aliphatic carbocycles.